The number of imidazole rings is 1. The molecule has 1 atom stereocenters. The number of fused-ring (bicyclic) bond motifs is 2. The molecule has 5 rings (SSSR count). The van der Waals surface area contributed by atoms with Crippen molar-refractivity contribution in [3.63, 3.8) is 0 Å². The van der Waals surface area contributed by atoms with Crippen molar-refractivity contribution < 1.29 is 14.6 Å². The van der Waals surface area contributed by atoms with Crippen LogP contribution in [0.4, 0.5) is 0 Å². The molecule has 3 aromatic heterocycles. The van der Waals surface area contributed by atoms with Crippen LogP contribution in [0.1, 0.15) is 16.7 Å². The molecule has 0 amide bonds. The first-order valence-electron chi connectivity index (χ1n) is 11.3. The SMILES string of the molecule is COc1cc(CO)c(-c2cn3ccc(CC(=O)[C@@H](N)Cc4c[nH]c5ccccc45)cc3n2)cc1Cl. The van der Waals surface area contributed by atoms with Gasteiger partial charge >= 0.3 is 0 Å². The second kappa shape index (κ2) is 9.54. The smallest absolute Gasteiger partial charge is 0.154 e. The fourth-order valence-electron chi connectivity index (χ4n) is 4.37. The average Bonchev–Trinajstić information content (AvgIpc) is 3.47. The third-order valence-corrected chi connectivity index (χ3v) is 6.55. The van der Waals surface area contributed by atoms with Gasteiger partial charge in [-0.25, -0.2) is 4.98 Å². The highest BCUT2D eigenvalue weighted by Gasteiger charge is 2.18. The molecule has 0 fully saturated rings. The van der Waals surface area contributed by atoms with Crippen LogP contribution in [-0.2, 0) is 24.2 Å². The third-order valence-electron chi connectivity index (χ3n) is 6.26. The summed E-state index contributed by atoms with van der Waals surface area (Å²) in [6, 6.07) is 14.6. The molecular weight excluding hydrogens is 464 g/mol. The first-order valence-corrected chi connectivity index (χ1v) is 11.6. The molecule has 178 valence electrons. The van der Waals surface area contributed by atoms with Gasteiger partial charge in [-0.15, -0.1) is 0 Å². The minimum Gasteiger partial charge on any atom is -0.495 e. The summed E-state index contributed by atoms with van der Waals surface area (Å²) in [6.07, 6.45) is 6.34. The van der Waals surface area contributed by atoms with Gasteiger partial charge in [0.25, 0.3) is 0 Å². The lowest BCUT2D eigenvalue weighted by Gasteiger charge is -2.10. The van der Waals surface area contributed by atoms with E-state index in [-0.39, 0.29) is 18.8 Å². The number of methoxy groups -OCH3 is 1. The first kappa shape index (κ1) is 23.1. The summed E-state index contributed by atoms with van der Waals surface area (Å²) in [7, 11) is 1.53. The average molecular weight is 489 g/mol. The van der Waals surface area contributed by atoms with Crippen molar-refractivity contribution in [3.8, 4) is 17.0 Å². The standard InChI is InChI=1S/C27H25ClN4O3/c1-35-26-11-18(15-33)20(12-21(26)28)24-14-32-7-6-16(9-27(32)31-24)8-25(34)22(29)10-17-13-30-23-5-3-2-4-19(17)23/h2-7,9,11-14,22,30,33H,8,10,15,29H2,1H3/t22-/m0/s1. The lowest BCUT2D eigenvalue weighted by Crippen LogP contribution is -2.33. The predicted octanol–water partition coefficient (Wildman–Crippen LogP) is 4.32. The highest BCUT2D eigenvalue weighted by Crippen LogP contribution is 2.34. The molecule has 0 aliphatic rings. The van der Waals surface area contributed by atoms with E-state index in [9.17, 15) is 9.90 Å². The Kier molecular flexibility index (Phi) is 6.30. The van der Waals surface area contributed by atoms with Gasteiger partial charge in [0, 0.05) is 41.5 Å². The molecule has 5 aromatic rings. The Labute approximate surface area is 207 Å². The number of Topliss-reactive ketones (excluding diaryl/α,β-unsaturated/α-hetero) is 1. The number of hydrogen-bond acceptors (Lipinski definition) is 5. The largest absolute Gasteiger partial charge is 0.495 e. The number of nitrogens with two attached hydrogens (primary N) is 1. The van der Waals surface area contributed by atoms with Gasteiger partial charge in [-0.2, -0.15) is 0 Å². The monoisotopic (exact) mass is 488 g/mol. The molecule has 0 unspecified atom stereocenters. The van der Waals surface area contributed by atoms with E-state index in [1.807, 2.05) is 59.4 Å². The zero-order chi connectivity index (χ0) is 24.5. The molecular formula is C27H25ClN4O3. The Morgan fingerprint density at radius 2 is 2.06 bits per heavy atom. The number of aromatic nitrogens is 3. The van der Waals surface area contributed by atoms with Crippen LogP contribution in [0.3, 0.4) is 0 Å². The zero-order valence-corrected chi connectivity index (χ0v) is 19.9. The van der Waals surface area contributed by atoms with E-state index in [4.69, 9.17) is 27.1 Å². The molecule has 0 saturated carbocycles. The number of benzene rings is 2. The molecule has 4 N–H and O–H groups in total. The van der Waals surface area contributed by atoms with Crippen LogP contribution in [0.15, 0.2) is 67.1 Å². The van der Waals surface area contributed by atoms with E-state index in [1.165, 1.54) is 7.11 Å². The molecule has 7 nitrogen and oxygen atoms in total. The van der Waals surface area contributed by atoms with Crippen LogP contribution in [0, 0.1) is 0 Å². The number of hydrogen-bond donors (Lipinski definition) is 3. The molecule has 0 aliphatic carbocycles. The van der Waals surface area contributed by atoms with Crippen molar-refractivity contribution in [3.05, 3.63) is 88.8 Å². The summed E-state index contributed by atoms with van der Waals surface area (Å²) in [5.74, 6) is 0.462. The zero-order valence-electron chi connectivity index (χ0n) is 19.2. The Bertz CT molecular complexity index is 1540. The molecule has 0 saturated heterocycles. The highest BCUT2D eigenvalue weighted by atomic mass is 35.5. The lowest BCUT2D eigenvalue weighted by atomic mass is 9.98. The maximum absolute atomic E-state index is 12.9. The Morgan fingerprint density at radius 3 is 2.86 bits per heavy atom. The Balaban J connectivity index is 1.36. The van der Waals surface area contributed by atoms with Crippen molar-refractivity contribution in [1.82, 2.24) is 14.4 Å². The normalized spacial score (nSPS) is 12.3. The minimum absolute atomic E-state index is 0.0316. The fraction of sp³-hybridized carbons (Fsp3) is 0.185. The number of aliphatic hydroxyl groups is 1. The number of ether oxygens (including phenoxy) is 1. The van der Waals surface area contributed by atoms with Crippen molar-refractivity contribution in [2.45, 2.75) is 25.5 Å². The molecule has 35 heavy (non-hydrogen) atoms. The summed E-state index contributed by atoms with van der Waals surface area (Å²) in [5.41, 5.74) is 11.9. The van der Waals surface area contributed by atoms with Crippen LogP contribution >= 0.6 is 11.6 Å². The number of pyridine rings is 1. The summed E-state index contributed by atoms with van der Waals surface area (Å²) in [4.78, 5) is 20.8. The van der Waals surface area contributed by atoms with Crippen LogP contribution in [0.2, 0.25) is 5.02 Å². The number of aliphatic hydroxyl groups excluding tert-OH is 1. The van der Waals surface area contributed by atoms with Crippen LogP contribution < -0.4 is 10.5 Å². The number of aromatic amines is 1. The highest BCUT2D eigenvalue weighted by molar-refractivity contribution is 6.32. The topological polar surface area (TPSA) is 106 Å². The van der Waals surface area contributed by atoms with E-state index < -0.39 is 6.04 Å². The van der Waals surface area contributed by atoms with Gasteiger partial charge in [0.1, 0.15) is 11.4 Å². The molecule has 8 heteroatoms. The number of nitrogens with zero attached hydrogens (tertiary/aromatic N) is 2. The molecule has 0 spiro atoms. The Hall–Kier alpha value is -3.65. The molecule has 2 aromatic carbocycles. The number of H-pyrrole nitrogens is 1. The summed E-state index contributed by atoms with van der Waals surface area (Å²) >= 11 is 6.31. The van der Waals surface area contributed by atoms with E-state index in [0.29, 0.717) is 34.1 Å². The van der Waals surface area contributed by atoms with Crippen molar-refractivity contribution in [1.29, 1.82) is 0 Å². The molecule has 0 aliphatic heterocycles. The van der Waals surface area contributed by atoms with E-state index >= 15 is 0 Å². The second-order valence-electron chi connectivity index (χ2n) is 8.54. The number of rotatable bonds is 8. The van der Waals surface area contributed by atoms with Gasteiger partial charge in [-0.1, -0.05) is 29.8 Å². The quantitative estimate of drug-likeness (QED) is 0.301. The predicted molar refractivity (Wildman–Crippen MR) is 137 cm³/mol. The van der Waals surface area contributed by atoms with Crippen LogP contribution in [-0.4, -0.2) is 38.4 Å². The molecule has 3 heterocycles. The van der Waals surface area contributed by atoms with Crippen molar-refractivity contribution >= 4 is 33.9 Å². The minimum atomic E-state index is -0.603. The van der Waals surface area contributed by atoms with Crippen molar-refractivity contribution in [2.24, 2.45) is 5.73 Å². The second-order valence-corrected chi connectivity index (χ2v) is 8.95. The molecule has 0 bridgehead atoms. The van der Waals surface area contributed by atoms with Crippen LogP contribution in [0.25, 0.3) is 27.8 Å². The summed E-state index contributed by atoms with van der Waals surface area (Å²) in [6.45, 7) is -0.176. The summed E-state index contributed by atoms with van der Waals surface area (Å²) in [5, 5.41) is 11.3. The van der Waals surface area contributed by atoms with Gasteiger partial charge in [-0.05, 0) is 53.4 Å². The number of nitrogens with one attached hydrogen (secondary N) is 1. The number of halogens is 1. The number of carbonyl (C=O) groups excluding carboxylic acids is 1. The van der Waals surface area contributed by atoms with Gasteiger partial charge in [0.05, 0.1) is 30.5 Å². The Morgan fingerprint density at radius 1 is 1.23 bits per heavy atom. The van der Waals surface area contributed by atoms with Crippen molar-refractivity contribution in [2.75, 3.05) is 7.11 Å². The molecule has 0 radical (unpaired) electrons. The van der Waals surface area contributed by atoms with Gasteiger partial charge in [0.15, 0.2) is 5.78 Å². The van der Waals surface area contributed by atoms with Gasteiger partial charge in [0.2, 0.25) is 0 Å². The number of para-hydroxylation sites is 1. The van der Waals surface area contributed by atoms with Gasteiger partial charge < -0.3 is 25.0 Å². The maximum atomic E-state index is 12.9. The maximum Gasteiger partial charge on any atom is 0.154 e. The lowest BCUT2D eigenvalue weighted by molar-refractivity contribution is -0.119. The third kappa shape index (κ3) is 4.53. The van der Waals surface area contributed by atoms with E-state index in [2.05, 4.69) is 4.98 Å². The van der Waals surface area contributed by atoms with Gasteiger partial charge in [-0.3, -0.25) is 4.79 Å². The first-order chi connectivity index (χ1) is 17.0. The fourth-order valence-corrected chi connectivity index (χ4v) is 4.61. The summed E-state index contributed by atoms with van der Waals surface area (Å²) < 4.78 is 7.12. The van der Waals surface area contributed by atoms with E-state index in [1.54, 1.807) is 12.1 Å². The van der Waals surface area contributed by atoms with Crippen LogP contribution in [0.5, 0.6) is 5.75 Å². The number of carbonyl (C=O) groups is 1. The van der Waals surface area contributed by atoms with E-state index in [0.717, 1.165) is 27.6 Å². The number of ketones is 1.